The fourth-order valence-electron chi connectivity index (χ4n) is 4.93. The Morgan fingerprint density at radius 2 is 0.851 bits per heavy atom. The van der Waals surface area contributed by atoms with Crippen LogP contribution >= 0.6 is 18.6 Å². The van der Waals surface area contributed by atoms with E-state index in [2.05, 4.69) is 60.4 Å². The molecule has 0 aliphatic heterocycles. The normalized spacial score (nSPS) is 10.8. The van der Waals surface area contributed by atoms with Crippen LogP contribution in [0.15, 0.2) is 132 Å². The Kier molecular flexibility index (Phi) is 13.3. The van der Waals surface area contributed by atoms with Crippen molar-refractivity contribution >= 4 is 31.0 Å². The Bertz CT molecular complexity index is 1840. The van der Waals surface area contributed by atoms with Gasteiger partial charge in [0.05, 0.1) is 23.8 Å². The number of nitrogens with zero attached hydrogens (tertiary/aromatic N) is 4. The maximum atomic E-state index is 9.84. The number of phenols is 2. The van der Waals surface area contributed by atoms with Gasteiger partial charge in [-0.05, 0) is 87.4 Å². The number of benzene rings is 4. The number of phenolic OH excluding ortho intramolecular Hbond substituents is 2. The Hall–Kier alpha value is -4.33. The van der Waals surface area contributed by atoms with Crippen molar-refractivity contribution in [2.45, 2.75) is 27.7 Å². The molecule has 2 aromatic heterocycles. The van der Waals surface area contributed by atoms with Gasteiger partial charge in [-0.25, -0.2) is 9.35 Å². The summed E-state index contributed by atoms with van der Waals surface area (Å²) in [4.78, 5) is 0. The van der Waals surface area contributed by atoms with Crippen LogP contribution in [0.25, 0.3) is 22.5 Å². The van der Waals surface area contributed by atoms with E-state index in [1.807, 2.05) is 83.9 Å². The van der Waals surface area contributed by atoms with Crippen molar-refractivity contribution in [3.05, 3.63) is 155 Å². The molecular weight excluding hydrogens is 663 g/mol. The molecule has 2 heterocycles. The Morgan fingerprint density at radius 3 is 1.21 bits per heavy atom. The van der Waals surface area contributed by atoms with Crippen LogP contribution in [-0.4, -0.2) is 32.0 Å². The number of aromatic hydroxyl groups is 2. The average molecular weight is 700 g/mol. The molecule has 2 N–H and O–H groups in total. The van der Waals surface area contributed by atoms with Gasteiger partial charge in [0, 0.05) is 33.6 Å². The molecule has 238 valence electrons. The maximum absolute atomic E-state index is 9.84. The van der Waals surface area contributed by atoms with E-state index in [0.29, 0.717) is 11.1 Å². The first-order valence-electron chi connectivity index (χ1n) is 14.8. The van der Waals surface area contributed by atoms with Crippen LogP contribution in [-0.2, 0) is 17.0 Å². The fourth-order valence-corrected chi connectivity index (χ4v) is 4.93. The Labute approximate surface area is 292 Å². The zero-order valence-electron chi connectivity index (χ0n) is 26.6. The Morgan fingerprint density at radius 1 is 0.511 bits per heavy atom. The predicted molar refractivity (Wildman–Crippen MR) is 193 cm³/mol. The van der Waals surface area contributed by atoms with E-state index in [-0.39, 0.29) is 11.5 Å². The summed E-state index contributed by atoms with van der Waals surface area (Å²) in [5.74, 6) is 0.460. The molecule has 0 radical (unpaired) electrons. The minimum absolute atomic E-state index is 0.230. The third kappa shape index (κ3) is 9.37. The van der Waals surface area contributed by atoms with Crippen molar-refractivity contribution in [2.75, 3.05) is 0 Å². The molecule has 0 fully saturated rings. The predicted octanol–water partition coefficient (Wildman–Crippen LogP) is 10.1. The van der Waals surface area contributed by atoms with E-state index in [9.17, 15) is 10.2 Å². The summed E-state index contributed by atoms with van der Waals surface area (Å²) >= 11 is -0.556. The molecule has 0 atom stereocenters. The minimum atomic E-state index is -0.556. The summed E-state index contributed by atoms with van der Waals surface area (Å²) < 4.78 is 3.80. The topological polar surface area (TPSA) is 75.0 Å². The van der Waals surface area contributed by atoms with Gasteiger partial charge in [0.15, 0.2) is 0 Å². The van der Waals surface area contributed by atoms with E-state index in [0.717, 1.165) is 33.9 Å². The van der Waals surface area contributed by atoms with Crippen molar-refractivity contribution in [2.24, 2.45) is 10.2 Å². The van der Waals surface area contributed by atoms with Gasteiger partial charge in [-0.1, -0.05) is 72.8 Å². The van der Waals surface area contributed by atoms with Gasteiger partial charge in [-0.2, -0.15) is 10.2 Å². The number of aryl methyl sites for hydroxylation is 4. The van der Waals surface area contributed by atoms with Crippen molar-refractivity contribution in [3.63, 3.8) is 0 Å². The standard InChI is InChI=1S/2C19H18N2O.2ClH.Ti/c2*1-14-7-3-5-9-17(14)18-12-11-15(2)21(18)20-13-16-8-4-6-10-19(16)22;;;/h2*3-13,22H,1-2H3;2*1H;/q;;;;+2/p-2/b2*20-13+;;;. The summed E-state index contributed by atoms with van der Waals surface area (Å²) in [6, 6.07) is 39.1. The molecule has 6 rings (SSSR count). The van der Waals surface area contributed by atoms with Crippen LogP contribution < -0.4 is 0 Å². The molecule has 0 bridgehead atoms. The molecular formula is C38H36Cl2N4O2Ti. The number of rotatable bonds is 6. The molecule has 0 saturated heterocycles. The number of hydrogen-bond acceptors (Lipinski definition) is 4. The first kappa shape index (κ1) is 35.5. The zero-order valence-corrected chi connectivity index (χ0v) is 29.7. The summed E-state index contributed by atoms with van der Waals surface area (Å²) in [7, 11) is 9.78. The van der Waals surface area contributed by atoms with Gasteiger partial charge < -0.3 is 10.2 Å². The second-order valence-electron chi connectivity index (χ2n) is 10.7. The molecule has 4 aromatic carbocycles. The van der Waals surface area contributed by atoms with Gasteiger partial charge in [0.2, 0.25) is 0 Å². The second-order valence-corrected chi connectivity index (χ2v) is 13.2. The monoisotopic (exact) mass is 698 g/mol. The average Bonchev–Trinajstić information content (AvgIpc) is 3.62. The molecule has 0 unspecified atom stereocenters. The first-order chi connectivity index (χ1) is 22.7. The van der Waals surface area contributed by atoms with Crippen molar-refractivity contribution in [1.82, 2.24) is 9.35 Å². The number of aromatic nitrogens is 2. The van der Waals surface area contributed by atoms with Crippen LogP contribution in [0.5, 0.6) is 11.5 Å². The number of para-hydroxylation sites is 2. The molecule has 0 saturated carbocycles. The Balaban J connectivity index is 0.000000197. The van der Waals surface area contributed by atoms with Gasteiger partial charge in [-0.15, -0.1) is 0 Å². The third-order valence-corrected chi connectivity index (χ3v) is 7.43. The van der Waals surface area contributed by atoms with Crippen LogP contribution in [0.1, 0.15) is 33.6 Å². The molecule has 0 aliphatic rings. The van der Waals surface area contributed by atoms with E-state index < -0.39 is 17.0 Å². The van der Waals surface area contributed by atoms with E-state index in [1.165, 1.54) is 11.1 Å². The fraction of sp³-hybridized carbons (Fsp3) is 0.105. The molecule has 0 amide bonds. The molecule has 47 heavy (non-hydrogen) atoms. The van der Waals surface area contributed by atoms with Crippen LogP contribution in [0.2, 0.25) is 0 Å². The molecule has 0 aliphatic carbocycles. The van der Waals surface area contributed by atoms with Crippen LogP contribution in [0.4, 0.5) is 0 Å². The number of hydrogen-bond donors (Lipinski definition) is 2. The third-order valence-electron chi connectivity index (χ3n) is 7.43. The van der Waals surface area contributed by atoms with E-state index in [4.69, 9.17) is 18.6 Å². The van der Waals surface area contributed by atoms with Crippen molar-refractivity contribution in [1.29, 1.82) is 0 Å². The van der Waals surface area contributed by atoms with Gasteiger partial charge in [0.25, 0.3) is 0 Å². The van der Waals surface area contributed by atoms with E-state index >= 15 is 0 Å². The van der Waals surface area contributed by atoms with Crippen molar-refractivity contribution < 1.29 is 27.2 Å². The van der Waals surface area contributed by atoms with Gasteiger partial charge in [-0.3, -0.25) is 0 Å². The van der Waals surface area contributed by atoms with Gasteiger partial charge >= 0.3 is 35.6 Å². The first-order valence-corrected chi connectivity index (χ1v) is 19.1. The molecule has 6 aromatic rings. The zero-order chi connectivity index (χ0) is 33.8. The SMILES string of the molecule is Cc1ccccc1-c1ccc(C)n1/N=C/c1ccccc1O.Cc1ccccc1-c1ccc(C)n1/N=C/c1ccccc1O.[Cl][Ti][Cl]. The van der Waals surface area contributed by atoms with Crippen molar-refractivity contribution in [3.8, 4) is 34.0 Å². The quantitative estimate of drug-likeness (QED) is 0.134. The molecule has 6 nitrogen and oxygen atoms in total. The molecule has 0 spiro atoms. The summed E-state index contributed by atoms with van der Waals surface area (Å²) in [5, 5.41) is 28.8. The summed E-state index contributed by atoms with van der Waals surface area (Å²) in [5.41, 5.74) is 10.3. The number of halogens is 2. The van der Waals surface area contributed by atoms with Crippen LogP contribution in [0, 0.1) is 27.7 Å². The van der Waals surface area contributed by atoms with E-state index in [1.54, 1.807) is 36.7 Å². The second kappa shape index (κ2) is 17.6. The summed E-state index contributed by atoms with van der Waals surface area (Å²) in [6.45, 7) is 8.22. The van der Waals surface area contributed by atoms with Crippen LogP contribution in [0.3, 0.4) is 0 Å². The summed E-state index contributed by atoms with van der Waals surface area (Å²) in [6.07, 6.45) is 3.37. The van der Waals surface area contributed by atoms with Gasteiger partial charge in [0.1, 0.15) is 11.5 Å². The molecule has 9 heteroatoms.